The van der Waals surface area contributed by atoms with E-state index in [2.05, 4.69) is 29.8 Å². The monoisotopic (exact) mass is 465 g/mol. The molecular weight excluding hydrogens is 432 g/mol. The summed E-state index contributed by atoms with van der Waals surface area (Å²) < 4.78 is 28.2. The largest absolute Gasteiger partial charge is 0.488 e. The topological polar surface area (TPSA) is 60.5 Å². The van der Waals surface area contributed by atoms with E-state index in [9.17, 15) is 4.21 Å². The van der Waals surface area contributed by atoms with E-state index in [1.807, 2.05) is 36.4 Å². The third-order valence-corrected chi connectivity index (χ3v) is 8.52. The van der Waals surface area contributed by atoms with Gasteiger partial charge in [-0.2, -0.15) is 0 Å². The highest BCUT2D eigenvalue weighted by atomic mass is 32.2. The average molecular weight is 466 g/mol. The second kappa shape index (κ2) is 10.3. The first-order valence-electron chi connectivity index (χ1n) is 12.1. The van der Waals surface area contributed by atoms with Gasteiger partial charge in [0, 0.05) is 23.8 Å². The molecule has 0 radical (unpaired) electrons. The Morgan fingerprint density at radius 3 is 2.42 bits per heavy atom. The molecule has 174 valence electrons. The van der Waals surface area contributed by atoms with Crippen LogP contribution in [0.3, 0.4) is 0 Å². The lowest BCUT2D eigenvalue weighted by atomic mass is 9.94. The van der Waals surface area contributed by atoms with Gasteiger partial charge in [-0.05, 0) is 50.3 Å². The number of thiol groups is 1. The molecule has 5 rings (SSSR count). The predicted octanol–water partition coefficient (Wildman–Crippen LogP) is 5.31. The molecule has 2 aliphatic rings. The number of nitrogens with one attached hydrogen (secondary N) is 1. The van der Waals surface area contributed by atoms with Crippen molar-refractivity contribution >= 4 is 21.9 Å². The lowest BCUT2D eigenvalue weighted by Gasteiger charge is -2.27. The number of benzene rings is 2. The third kappa shape index (κ3) is 5.62. The fourth-order valence-corrected chi connectivity index (χ4v) is 5.98. The molecule has 2 aromatic carbocycles. The number of fused-ring (bicyclic) bond motifs is 1. The molecule has 1 heterocycles. The SMILES string of the molecule is Cc1c(COC2CCC(N[SH+](=O)C3CC3)CC2)nc2ccccc2c1OCc1ccccc1. The molecule has 1 N–H and O–H groups in total. The molecule has 0 aliphatic heterocycles. The Balaban J connectivity index is 1.23. The lowest BCUT2D eigenvalue weighted by molar-refractivity contribution is 0.0111. The van der Waals surface area contributed by atoms with Crippen LogP contribution in [0, 0.1) is 6.92 Å². The van der Waals surface area contributed by atoms with Crippen LogP contribution in [0.4, 0.5) is 0 Å². The Morgan fingerprint density at radius 2 is 1.67 bits per heavy atom. The van der Waals surface area contributed by atoms with E-state index in [0.29, 0.717) is 24.5 Å². The van der Waals surface area contributed by atoms with Crippen molar-refractivity contribution in [3.8, 4) is 5.75 Å². The van der Waals surface area contributed by atoms with Gasteiger partial charge in [0.2, 0.25) is 0 Å². The number of nitrogens with zero attached hydrogens (tertiary/aromatic N) is 1. The Kier molecular flexibility index (Phi) is 7.04. The van der Waals surface area contributed by atoms with Gasteiger partial charge in [-0.1, -0.05) is 46.7 Å². The Labute approximate surface area is 198 Å². The lowest BCUT2D eigenvalue weighted by Crippen LogP contribution is -2.37. The minimum atomic E-state index is -1.22. The van der Waals surface area contributed by atoms with Crippen molar-refractivity contribution in [3.63, 3.8) is 0 Å². The molecule has 0 saturated heterocycles. The van der Waals surface area contributed by atoms with Crippen LogP contribution in [0.2, 0.25) is 0 Å². The third-order valence-electron chi connectivity index (χ3n) is 6.72. The second-order valence-corrected chi connectivity index (χ2v) is 10.9. The molecule has 1 atom stereocenters. The molecule has 3 aromatic rings. The second-order valence-electron chi connectivity index (χ2n) is 9.27. The van der Waals surface area contributed by atoms with Crippen LogP contribution in [0.1, 0.15) is 55.3 Å². The summed E-state index contributed by atoms with van der Waals surface area (Å²) in [5.74, 6) is 0.889. The molecule has 0 spiro atoms. The van der Waals surface area contributed by atoms with Gasteiger partial charge in [-0.15, -0.1) is 4.72 Å². The zero-order chi connectivity index (χ0) is 22.6. The standard InChI is InChI=1S/C27H32N2O3S/c1-19-26(18-31-22-13-11-21(12-14-22)29-33(30)23-15-16-23)28-25-10-6-5-9-24(25)27(19)32-17-20-7-3-2-4-8-20/h2-10,21-23H,11-18H2,1H3,(H,29,30)/p+1. The van der Waals surface area contributed by atoms with Crippen LogP contribution >= 0.6 is 0 Å². The van der Waals surface area contributed by atoms with Gasteiger partial charge < -0.3 is 9.47 Å². The molecule has 2 fully saturated rings. The minimum Gasteiger partial charge on any atom is -0.488 e. The molecule has 5 nitrogen and oxygen atoms in total. The molecule has 6 heteroatoms. The van der Waals surface area contributed by atoms with Crippen molar-refractivity contribution in [2.75, 3.05) is 0 Å². The first-order valence-corrected chi connectivity index (χ1v) is 13.4. The fraction of sp³-hybridized carbons (Fsp3) is 0.444. The number of pyridine rings is 1. The van der Waals surface area contributed by atoms with Crippen LogP contribution in [0.5, 0.6) is 5.75 Å². The van der Waals surface area contributed by atoms with E-state index >= 15 is 0 Å². The van der Waals surface area contributed by atoms with Gasteiger partial charge in [0.1, 0.15) is 28.6 Å². The number of hydrogen-bond donors (Lipinski definition) is 1. The van der Waals surface area contributed by atoms with Crippen molar-refractivity contribution in [1.29, 1.82) is 0 Å². The maximum Gasteiger partial charge on any atom is 0.145 e. The first kappa shape index (κ1) is 22.5. The number of hydrogen-bond acceptors (Lipinski definition) is 4. The zero-order valence-electron chi connectivity index (χ0n) is 19.2. The molecule has 2 saturated carbocycles. The molecular formula is C27H33N2O3S+. The zero-order valence-corrected chi connectivity index (χ0v) is 20.1. The number of rotatable bonds is 9. The van der Waals surface area contributed by atoms with E-state index in [0.717, 1.165) is 72.0 Å². The molecule has 33 heavy (non-hydrogen) atoms. The van der Waals surface area contributed by atoms with Crippen LogP contribution in [0.25, 0.3) is 10.9 Å². The van der Waals surface area contributed by atoms with Crippen LogP contribution in [0.15, 0.2) is 54.6 Å². The van der Waals surface area contributed by atoms with Crippen molar-refractivity contribution in [1.82, 2.24) is 9.71 Å². The maximum atomic E-state index is 12.2. The average Bonchev–Trinajstić information content (AvgIpc) is 3.70. The van der Waals surface area contributed by atoms with E-state index < -0.39 is 11.0 Å². The summed E-state index contributed by atoms with van der Waals surface area (Å²) in [6.07, 6.45) is 6.50. The summed E-state index contributed by atoms with van der Waals surface area (Å²) in [4.78, 5) is 4.90. The molecule has 1 aromatic heterocycles. The normalized spacial score (nSPS) is 21.7. The Bertz CT molecular complexity index is 1110. The van der Waals surface area contributed by atoms with Crippen LogP contribution < -0.4 is 9.46 Å². The van der Waals surface area contributed by atoms with Crippen molar-refractivity contribution < 1.29 is 13.7 Å². The van der Waals surface area contributed by atoms with E-state index in [1.165, 1.54) is 0 Å². The molecule has 0 amide bonds. The summed E-state index contributed by atoms with van der Waals surface area (Å²) in [7, 11) is -1.22. The highest BCUT2D eigenvalue weighted by Crippen LogP contribution is 2.32. The molecule has 0 bridgehead atoms. The summed E-state index contributed by atoms with van der Waals surface area (Å²) in [6.45, 7) is 3.08. The van der Waals surface area contributed by atoms with Gasteiger partial charge in [-0.3, -0.25) is 0 Å². The highest BCUT2D eigenvalue weighted by Gasteiger charge is 2.36. The van der Waals surface area contributed by atoms with Gasteiger partial charge in [0.05, 0.1) is 30.0 Å². The number of aromatic nitrogens is 1. The fourth-order valence-electron chi connectivity index (χ4n) is 4.53. The minimum absolute atomic E-state index is 0.225. The number of para-hydroxylation sites is 1. The summed E-state index contributed by atoms with van der Waals surface area (Å²) in [5, 5.41) is 1.46. The van der Waals surface area contributed by atoms with Crippen LogP contribution in [-0.2, 0) is 33.1 Å². The first-order chi connectivity index (χ1) is 16.2. The van der Waals surface area contributed by atoms with Gasteiger partial charge >= 0.3 is 0 Å². The Hall–Kier alpha value is -2.28. The highest BCUT2D eigenvalue weighted by molar-refractivity contribution is 7.83. The summed E-state index contributed by atoms with van der Waals surface area (Å²) in [5.41, 5.74) is 4.06. The van der Waals surface area contributed by atoms with Gasteiger partial charge in [-0.25, -0.2) is 4.98 Å². The quantitative estimate of drug-likeness (QED) is 0.344. The van der Waals surface area contributed by atoms with Crippen molar-refractivity contribution in [2.45, 2.75) is 76.1 Å². The maximum absolute atomic E-state index is 12.2. The summed E-state index contributed by atoms with van der Waals surface area (Å²) in [6, 6.07) is 18.7. The predicted molar refractivity (Wildman–Crippen MR) is 134 cm³/mol. The van der Waals surface area contributed by atoms with E-state index in [-0.39, 0.29) is 6.10 Å². The van der Waals surface area contributed by atoms with Crippen LogP contribution in [-0.4, -0.2) is 22.4 Å². The molecule has 2 aliphatic carbocycles. The van der Waals surface area contributed by atoms with E-state index in [4.69, 9.17) is 14.5 Å². The van der Waals surface area contributed by atoms with E-state index in [1.54, 1.807) is 0 Å². The smallest absolute Gasteiger partial charge is 0.145 e. The van der Waals surface area contributed by atoms with Gasteiger partial charge in [0.25, 0.3) is 0 Å². The summed E-state index contributed by atoms with van der Waals surface area (Å²) >= 11 is 0. The molecule has 1 unspecified atom stereocenters. The number of ether oxygens (including phenoxy) is 2. The van der Waals surface area contributed by atoms with Crippen molar-refractivity contribution in [2.24, 2.45) is 0 Å². The Morgan fingerprint density at radius 1 is 0.939 bits per heavy atom. The van der Waals surface area contributed by atoms with Gasteiger partial charge in [0.15, 0.2) is 0 Å². The van der Waals surface area contributed by atoms with Crippen molar-refractivity contribution in [3.05, 3.63) is 71.4 Å².